The van der Waals surface area contributed by atoms with E-state index in [2.05, 4.69) is 12.0 Å². The molecule has 0 unspecified atom stereocenters. The monoisotopic (exact) mass is 350 g/mol. The first-order valence-corrected chi connectivity index (χ1v) is 8.69. The molecule has 0 fully saturated rings. The maximum absolute atomic E-state index is 12.0. The lowest BCUT2D eigenvalue weighted by Gasteiger charge is -2.14. The molecule has 5 nitrogen and oxygen atoms in total. The molecule has 1 N–H and O–H groups in total. The number of nitrogens with zero attached hydrogens (tertiary/aromatic N) is 2. The zero-order valence-electron chi connectivity index (χ0n) is 14.7. The minimum Gasteiger partial charge on any atom is -0.491 e. The second-order valence-corrected chi connectivity index (χ2v) is 6.07. The number of ether oxygens (including phenoxy) is 1. The van der Waals surface area contributed by atoms with E-state index in [1.807, 2.05) is 54.6 Å². The molecule has 1 atom stereocenters. The van der Waals surface area contributed by atoms with Gasteiger partial charge in [-0.2, -0.15) is 5.10 Å². The highest BCUT2D eigenvalue weighted by Gasteiger charge is 2.10. The van der Waals surface area contributed by atoms with E-state index in [0.29, 0.717) is 11.4 Å². The van der Waals surface area contributed by atoms with Crippen LogP contribution in [-0.2, 0) is 13.0 Å². The summed E-state index contributed by atoms with van der Waals surface area (Å²) in [5.74, 6) is 0.694. The quantitative estimate of drug-likeness (QED) is 0.712. The molecule has 0 bridgehead atoms. The molecule has 1 heterocycles. The van der Waals surface area contributed by atoms with Crippen molar-refractivity contribution < 1.29 is 9.84 Å². The summed E-state index contributed by atoms with van der Waals surface area (Å²) < 4.78 is 6.88. The maximum atomic E-state index is 12.0. The van der Waals surface area contributed by atoms with Crippen molar-refractivity contribution >= 4 is 0 Å². The average Bonchev–Trinajstić information content (AvgIpc) is 2.69. The number of aromatic nitrogens is 2. The van der Waals surface area contributed by atoms with Crippen LogP contribution in [-0.4, -0.2) is 27.6 Å². The molecule has 0 spiro atoms. The van der Waals surface area contributed by atoms with E-state index >= 15 is 0 Å². The fraction of sp³-hybridized carbons (Fsp3) is 0.238. The van der Waals surface area contributed by atoms with Gasteiger partial charge in [0.1, 0.15) is 18.5 Å². The van der Waals surface area contributed by atoms with Gasteiger partial charge in [0.05, 0.1) is 12.2 Å². The van der Waals surface area contributed by atoms with Gasteiger partial charge in [-0.05, 0) is 30.2 Å². The maximum Gasteiger partial charge on any atom is 0.266 e. The SMILES string of the molecule is CCc1ccc(OC[C@@H](O)Cn2nc(-c3ccccc3)ccc2=O)cc1. The molecule has 0 radical (unpaired) electrons. The number of aliphatic hydroxyl groups excluding tert-OH is 1. The first kappa shape index (κ1) is 17.9. The van der Waals surface area contributed by atoms with E-state index in [1.165, 1.54) is 16.3 Å². The Balaban J connectivity index is 1.64. The Kier molecular flexibility index (Phi) is 5.81. The molecular weight excluding hydrogens is 328 g/mol. The van der Waals surface area contributed by atoms with Gasteiger partial charge in [0, 0.05) is 11.6 Å². The molecule has 0 amide bonds. The number of aliphatic hydroxyl groups is 1. The minimum absolute atomic E-state index is 0.0759. The van der Waals surface area contributed by atoms with E-state index < -0.39 is 6.10 Å². The Labute approximate surface area is 152 Å². The Hall–Kier alpha value is -2.92. The van der Waals surface area contributed by atoms with Crippen LogP contribution in [0.25, 0.3) is 11.3 Å². The molecule has 0 aliphatic heterocycles. The summed E-state index contributed by atoms with van der Waals surface area (Å²) >= 11 is 0. The second-order valence-electron chi connectivity index (χ2n) is 6.07. The number of aryl methyl sites for hydroxylation is 1. The molecule has 26 heavy (non-hydrogen) atoms. The highest BCUT2D eigenvalue weighted by molar-refractivity contribution is 5.57. The van der Waals surface area contributed by atoms with E-state index in [0.717, 1.165) is 12.0 Å². The summed E-state index contributed by atoms with van der Waals surface area (Å²) in [5.41, 5.74) is 2.58. The summed E-state index contributed by atoms with van der Waals surface area (Å²) in [7, 11) is 0. The van der Waals surface area contributed by atoms with E-state index in [9.17, 15) is 9.90 Å². The van der Waals surface area contributed by atoms with Gasteiger partial charge in [-0.1, -0.05) is 49.4 Å². The van der Waals surface area contributed by atoms with Crippen LogP contribution in [0.2, 0.25) is 0 Å². The molecule has 1 aromatic heterocycles. The van der Waals surface area contributed by atoms with Gasteiger partial charge in [-0.15, -0.1) is 0 Å². The smallest absolute Gasteiger partial charge is 0.266 e. The lowest BCUT2D eigenvalue weighted by atomic mass is 10.1. The lowest BCUT2D eigenvalue weighted by Crippen LogP contribution is -2.31. The van der Waals surface area contributed by atoms with E-state index in [1.54, 1.807) is 6.07 Å². The normalized spacial score (nSPS) is 11.9. The summed E-state index contributed by atoms with van der Waals surface area (Å²) in [6, 6.07) is 20.5. The molecule has 2 aromatic carbocycles. The number of benzene rings is 2. The highest BCUT2D eigenvalue weighted by Crippen LogP contribution is 2.15. The van der Waals surface area contributed by atoms with Crippen LogP contribution >= 0.6 is 0 Å². The topological polar surface area (TPSA) is 64.3 Å². The zero-order chi connectivity index (χ0) is 18.4. The molecule has 0 aliphatic rings. The van der Waals surface area contributed by atoms with E-state index in [-0.39, 0.29) is 18.7 Å². The van der Waals surface area contributed by atoms with Crippen LogP contribution in [0.3, 0.4) is 0 Å². The summed E-state index contributed by atoms with van der Waals surface area (Å²) in [6.07, 6.45) is 0.131. The molecular formula is C21H22N2O3. The van der Waals surface area contributed by atoms with Gasteiger partial charge in [0.15, 0.2) is 0 Å². The van der Waals surface area contributed by atoms with Gasteiger partial charge in [0.2, 0.25) is 0 Å². The second kappa shape index (κ2) is 8.45. The Morgan fingerprint density at radius 1 is 1.04 bits per heavy atom. The summed E-state index contributed by atoms with van der Waals surface area (Å²) in [6.45, 7) is 2.26. The first-order chi connectivity index (χ1) is 12.7. The summed E-state index contributed by atoms with van der Waals surface area (Å²) in [4.78, 5) is 12.0. The molecule has 3 rings (SSSR count). The number of rotatable bonds is 7. The van der Waals surface area contributed by atoms with Crippen molar-refractivity contribution in [1.82, 2.24) is 9.78 Å². The van der Waals surface area contributed by atoms with Gasteiger partial charge in [-0.25, -0.2) is 4.68 Å². The predicted molar refractivity (Wildman–Crippen MR) is 101 cm³/mol. The van der Waals surface area contributed by atoms with Crippen molar-refractivity contribution in [2.24, 2.45) is 0 Å². The van der Waals surface area contributed by atoms with Crippen molar-refractivity contribution in [1.29, 1.82) is 0 Å². The van der Waals surface area contributed by atoms with Crippen LogP contribution < -0.4 is 10.3 Å². The van der Waals surface area contributed by atoms with E-state index in [4.69, 9.17) is 4.74 Å². The number of hydrogen-bond donors (Lipinski definition) is 1. The van der Waals surface area contributed by atoms with Crippen LogP contribution in [0.15, 0.2) is 71.5 Å². The van der Waals surface area contributed by atoms with Crippen molar-refractivity contribution in [2.45, 2.75) is 26.0 Å². The Morgan fingerprint density at radius 3 is 2.46 bits per heavy atom. The third kappa shape index (κ3) is 4.58. The standard InChI is InChI=1S/C21H22N2O3/c1-2-16-8-10-19(11-9-16)26-15-18(24)14-23-21(25)13-12-20(22-23)17-6-4-3-5-7-17/h3-13,18,24H,2,14-15H2,1H3/t18-/m0/s1. The van der Waals surface area contributed by atoms with Crippen molar-refractivity contribution in [3.05, 3.63) is 82.6 Å². The van der Waals surface area contributed by atoms with Gasteiger partial charge in [0.25, 0.3) is 5.56 Å². The average molecular weight is 350 g/mol. The van der Waals surface area contributed by atoms with Crippen LogP contribution in [0.1, 0.15) is 12.5 Å². The highest BCUT2D eigenvalue weighted by atomic mass is 16.5. The van der Waals surface area contributed by atoms with Gasteiger partial charge in [-0.3, -0.25) is 4.79 Å². The van der Waals surface area contributed by atoms with Gasteiger partial charge < -0.3 is 9.84 Å². The molecule has 0 saturated carbocycles. The third-order valence-electron chi connectivity index (χ3n) is 4.09. The molecule has 3 aromatic rings. The minimum atomic E-state index is -0.836. The summed E-state index contributed by atoms with van der Waals surface area (Å²) in [5, 5.41) is 14.6. The van der Waals surface area contributed by atoms with Crippen LogP contribution in [0.5, 0.6) is 5.75 Å². The zero-order valence-corrected chi connectivity index (χ0v) is 14.7. The van der Waals surface area contributed by atoms with Crippen molar-refractivity contribution in [3.8, 4) is 17.0 Å². The lowest BCUT2D eigenvalue weighted by molar-refractivity contribution is 0.0880. The predicted octanol–water partition coefficient (Wildman–Crippen LogP) is 2.91. The fourth-order valence-corrected chi connectivity index (χ4v) is 2.61. The molecule has 5 heteroatoms. The Bertz CT molecular complexity index is 889. The molecule has 134 valence electrons. The van der Waals surface area contributed by atoms with Crippen molar-refractivity contribution in [2.75, 3.05) is 6.61 Å². The fourth-order valence-electron chi connectivity index (χ4n) is 2.61. The Morgan fingerprint density at radius 2 is 1.77 bits per heavy atom. The third-order valence-corrected chi connectivity index (χ3v) is 4.09. The first-order valence-electron chi connectivity index (χ1n) is 8.69. The molecule has 0 saturated heterocycles. The van der Waals surface area contributed by atoms with Crippen LogP contribution in [0, 0.1) is 0 Å². The number of hydrogen-bond acceptors (Lipinski definition) is 4. The van der Waals surface area contributed by atoms with Crippen LogP contribution in [0.4, 0.5) is 0 Å². The molecule has 0 aliphatic carbocycles. The largest absolute Gasteiger partial charge is 0.491 e. The van der Waals surface area contributed by atoms with Gasteiger partial charge >= 0.3 is 0 Å². The van der Waals surface area contributed by atoms with Crippen molar-refractivity contribution in [3.63, 3.8) is 0 Å².